The van der Waals surface area contributed by atoms with Gasteiger partial charge < -0.3 is 10.5 Å². The zero-order valence-corrected chi connectivity index (χ0v) is 15.6. The smallest absolute Gasteiger partial charge is 0.102 e. The van der Waals surface area contributed by atoms with E-state index in [9.17, 15) is 0 Å². The molecule has 134 valence electrons. The van der Waals surface area contributed by atoms with E-state index in [1.807, 2.05) is 6.92 Å². The van der Waals surface area contributed by atoms with Crippen LogP contribution < -0.4 is 5.73 Å². The lowest BCUT2D eigenvalue weighted by molar-refractivity contribution is 0.0676. The Hall–Kier alpha value is -0.0800. The predicted molar refractivity (Wildman–Crippen MR) is 99.1 cm³/mol. The summed E-state index contributed by atoms with van der Waals surface area (Å²) in [5.74, 6) is 0. The maximum atomic E-state index is 5.54. The van der Waals surface area contributed by atoms with Crippen molar-refractivity contribution in [1.82, 2.24) is 0 Å². The van der Waals surface area contributed by atoms with Crippen LogP contribution in [0.4, 0.5) is 0 Å². The Bertz CT molecular complexity index is 194. The lowest BCUT2D eigenvalue weighted by Gasteiger charge is -2.07. The summed E-state index contributed by atoms with van der Waals surface area (Å²) >= 11 is 0. The fourth-order valence-electron chi connectivity index (χ4n) is 2.92. The van der Waals surface area contributed by atoms with Gasteiger partial charge in [-0.3, -0.25) is 0 Å². The first-order chi connectivity index (χ1) is 10.8. The summed E-state index contributed by atoms with van der Waals surface area (Å²) in [7, 11) is 0. The van der Waals surface area contributed by atoms with Crippen LogP contribution in [0.2, 0.25) is 0 Å². The molecule has 2 heteroatoms. The van der Waals surface area contributed by atoms with Crippen molar-refractivity contribution in [2.24, 2.45) is 5.73 Å². The molecule has 0 aromatic heterocycles. The van der Waals surface area contributed by atoms with Crippen molar-refractivity contribution in [3.63, 3.8) is 0 Å². The van der Waals surface area contributed by atoms with Crippen LogP contribution in [0.3, 0.4) is 0 Å². The lowest BCUT2D eigenvalue weighted by Crippen LogP contribution is -2.19. The first-order valence-corrected chi connectivity index (χ1v) is 10.1. The Kier molecular flexibility index (Phi) is 18.9. The molecule has 0 aromatic rings. The maximum Gasteiger partial charge on any atom is 0.102 e. The minimum atomic E-state index is -0.101. The van der Waals surface area contributed by atoms with Gasteiger partial charge in [-0.15, -0.1) is 0 Å². The Labute approximate surface area is 140 Å². The molecule has 0 bridgehead atoms. The molecule has 2 N–H and O–H groups in total. The minimum absolute atomic E-state index is 0.101. The van der Waals surface area contributed by atoms with E-state index in [4.69, 9.17) is 10.5 Å². The van der Waals surface area contributed by atoms with E-state index in [2.05, 4.69) is 6.92 Å². The van der Waals surface area contributed by atoms with E-state index < -0.39 is 0 Å². The van der Waals surface area contributed by atoms with Gasteiger partial charge in [0.25, 0.3) is 0 Å². The topological polar surface area (TPSA) is 35.2 Å². The third kappa shape index (κ3) is 19.9. The average Bonchev–Trinajstić information content (AvgIpc) is 2.50. The summed E-state index contributed by atoms with van der Waals surface area (Å²) in [6.45, 7) is 5.01. The highest BCUT2D eigenvalue weighted by Gasteiger charge is 1.95. The van der Waals surface area contributed by atoms with Crippen LogP contribution in [0, 0.1) is 0 Å². The Morgan fingerprint density at radius 1 is 0.591 bits per heavy atom. The lowest BCUT2D eigenvalue weighted by atomic mass is 10.0. The third-order valence-electron chi connectivity index (χ3n) is 4.38. The van der Waals surface area contributed by atoms with Gasteiger partial charge in [-0.2, -0.15) is 0 Å². The van der Waals surface area contributed by atoms with Crippen molar-refractivity contribution in [2.45, 2.75) is 123 Å². The van der Waals surface area contributed by atoms with E-state index in [-0.39, 0.29) is 6.23 Å². The first-order valence-electron chi connectivity index (χ1n) is 10.1. The van der Waals surface area contributed by atoms with Gasteiger partial charge in [-0.1, -0.05) is 103 Å². The molecular weight excluding hydrogens is 270 g/mol. The zero-order chi connectivity index (χ0) is 16.3. The van der Waals surface area contributed by atoms with Crippen LogP contribution >= 0.6 is 0 Å². The van der Waals surface area contributed by atoms with Crippen LogP contribution in [0.5, 0.6) is 0 Å². The molecule has 1 unspecified atom stereocenters. The van der Waals surface area contributed by atoms with Crippen LogP contribution in [-0.2, 0) is 4.74 Å². The summed E-state index contributed by atoms with van der Waals surface area (Å²) in [6, 6.07) is 0. The molecule has 0 amide bonds. The molecule has 0 spiro atoms. The molecule has 0 radical (unpaired) electrons. The molecule has 0 aliphatic heterocycles. The minimum Gasteiger partial charge on any atom is -0.364 e. The molecule has 0 aliphatic carbocycles. The summed E-state index contributed by atoms with van der Waals surface area (Å²) in [5, 5.41) is 0. The van der Waals surface area contributed by atoms with Gasteiger partial charge in [-0.25, -0.2) is 0 Å². The molecule has 0 saturated heterocycles. The van der Waals surface area contributed by atoms with Crippen LogP contribution in [0.25, 0.3) is 0 Å². The van der Waals surface area contributed by atoms with Crippen molar-refractivity contribution in [1.29, 1.82) is 0 Å². The number of unbranched alkanes of at least 4 members (excludes halogenated alkanes) is 15. The first kappa shape index (κ1) is 21.9. The highest BCUT2D eigenvalue weighted by Crippen LogP contribution is 2.13. The number of ether oxygens (including phenoxy) is 1. The van der Waals surface area contributed by atoms with Gasteiger partial charge in [0.15, 0.2) is 0 Å². The van der Waals surface area contributed by atoms with Gasteiger partial charge in [0, 0.05) is 6.61 Å². The Morgan fingerprint density at radius 3 is 1.23 bits per heavy atom. The standard InChI is InChI=1S/C20H43NO/c1-3-4-5-6-7-8-9-10-11-12-13-14-15-16-17-18-19-22-20(2)21/h20H,3-19,21H2,1-2H3. The Balaban J connectivity index is 2.94. The van der Waals surface area contributed by atoms with Crippen LogP contribution in [0.15, 0.2) is 0 Å². The van der Waals surface area contributed by atoms with Gasteiger partial charge in [-0.05, 0) is 13.3 Å². The quantitative estimate of drug-likeness (QED) is 0.229. The van der Waals surface area contributed by atoms with Gasteiger partial charge in [0.1, 0.15) is 6.23 Å². The summed E-state index contributed by atoms with van der Waals surface area (Å²) < 4.78 is 5.34. The second-order valence-corrected chi connectivity index (χ2v) is 6.88. The second kappa shape index (κ2) is 19.0. The Morgan fingerprint density at radius 2 is 0.909 bits per heavy atom. The average molecular weight is 314 g/mol. The van der Waals surface area contributed by atoms with E-state index in [0.717, 1.165) is 6.61 Å². The molecular formula is C20H43NO. The highest BCUT2D eigenvalue weighted by atomic mass is 16.5. The van der Waals surface area contributed by atoms with Crippen LogP contribution in [0.1, 0.15) is 117 Å². The monoisotopic (exact) mass is 313 g/mol. The molecule has 0 aliphatic rings. The normalized spacial score (nSPS) is 12.7. The maximum absolute atomic E-state index is 5.54. The molecule has 0 heterocycles. The fourth-order valence-corrected chi connectivity index (χ4v) is 2.92. The number of hydrogen-bond acceptors (Lipinski definition) is 2. The van der Waals surface area contributed by atoms with Crippen LogP contribution in [-0.4, -0.2) is 12.8 Å². The van der Waals surface area contributed by atoms with Crippen molar-refractivity contribution in [3.05, 3.63) is 0 Å². The summed E-state index contributed by atoms with van der Waals surface area (Å²) in [6.07, 6.45) is 22.4. The zero-order valence-electron chi connectivity index (χ0n) is 15.6. The molecule has 0 saturated carbocycles. The van der Waals surface area contributed by atoms with E-state index in [1.165, 1.54) is 103 Å². The second-order valence-electron chi connectivity index (χ2n) is 6.88. The summed E-state index contributed by atoms with van der Waals surface area (Å²) in [5.41, 5.74) is 5.54. The molecule has 2 nitrogen and oxygen atoms in total. The molecule has 0 rings (SSSR count). The van der Waals surface area contributed by atoms with E-state index in [1.54, 1.807) is 0 Å². The summed E-state index contributed by atoms with van der Waals surface area (Å²) in [4.78, 5) is 0. The molecule has 22 heavy (non-hydrogen) atoms. The SMILES string of the molecule is CCCCCCCCCCCCCCCCCCOC(C)N. The van der Waals surface area contributed by atoms with E-state index >= 15 is 0 Å². The van der Waals surface area contributed by atoms with Gasteiger partial charge in [0.05, 0.1) is 0 Å². The van der Waals surface area contributed by atoms with Crippen molar-refractivity contribution in [3.8, 4) is 0 Å². The molecule has 0 fully saturated rings. The van der Waals surface area contributed by atoms with E-state index in [0.29, 0.717) is 0 Å². The molecule has 0 aromatic carbocycles. The third-order valence-corrected chi connectivity index (χ3v) is 4.38. The van der Waals surface area contributed by atoms with Crippen molar-refractivity contribution < 1.29 is 4.74 Å². The van der Waals surface area contributed by atoms with Gasteiger partial charge >= 0.3 is 0 Å². The predicted octanol–water partition coefficient (Wildman–Crippen LogP) is 6.57. The highest BCUT2D eigenvalue weighted by molar-refractivity contribution is 4.50. The molecule has 1 atom stereocenters. The fraction of sp³-hybridized carbons (Fsp3) is 1.00. The number of nitrogens with two attached hydrogens (primary N) is 1. The largest absolute Gasteiger partial charge is 0.364 e. The van der Waals surface area contributed by atoms with Crippen molar-refractivity contribution >= 4 is 0 Å². The van der Waals surface area contributed by atoms with Gasteiger partial charge in [0.2, 0.25) is 0 Å². The number of hydrogen-bond donors (Lipinski definition) is 1. The number of rotatable bonds is 18. The van der Waals surface area contributed by atoms with Crippen molar-refractivity contribution in [2.75, 3.05) is 6.61 Å².